The molecule has 1 aromatic heterocycles. The Kier molecular flexibility index (Phi) is 4.80. The molecule has 1 aromatic carbocycles. The zero-order chi connectivity index (χ0) is 17.1. The monoisotopic (exact) mass is 335 g/mol. The van der Waals surface area contributed by atoms with Gasteiger partial charge in [0, 0.05) is 22.3 Å². The predicted molar refractivity (Wildman–Crippen MR) is 86.9 cm³/mol. The van der Waals surface area contributed by atoms with E-state index < -0.39 is 16.4 Å². The maximum atomic E-state index is 12.1. The molecule has 2 rings (SSSR count). The molecule has 0 fully saturated rings. The summed E-state index contributed by atoms with van der Waals surface area (Å²) in [6.07, 6.45) is 1.08. The van der Waals surface area contributed by atoms with Crippen LogP contribution in [-0.2, 0) is 11.3 Å². The third kappa shape index (κ3) is 3.95. The number of hydrogen-bond donors (Lipinski definition) is 1. The third-order valence-electron chi connectivity index (χ3n) is 3.28. The lowest BCUT2D eigenvalue weighted by atomic mass is 10.2. The van der Waals surface area contributed by atoms with E-state index in [9.17, 15) is 19.7 Å². The minimum absolute atomic E-state index is 0.208. The van der Waals surface area contributed by atoms with Crippen LogP contribution in [0, 0.1) is 24.0 Å². The molecule has 0 aliphatic carbocycles. The highest BCUT2D eigenvalue weighted by molar-refractivity contribution is 6.30. The van der Waals surface area contributed by atoms with E-state index in [4.69, 9.17) is 11.6 Å². The van der Waals surface area contributed by atoms with E-state index in [0.717, 1.165) is 22.4 Å². The number of nitrogens with zero attached hydrogens (tertiary/aromatic N) is 2. The molecule has 7 nitrogen and oxygen atoms in total. The summed E-state index contributed by atoms with van der Waals surface area (Å²) in [7, 11) is 0. The lowest BCUT2D eigenvalue weighted by molar-refractivity contribution is -0.385. The maximum Gasteiger partial charge on any atom is 0.288 e. The van der Waals surface area contributed by atoms with E-state index in [1.807, 2.05) is 0 Å². The average Bonchev–Trinajstić information content (AvgIpc) is 2.44. The van der Waals surface area contributed by atoms with E-state index in [0.29, 0.717) is 10.7 Å². The zero-order valence-corrected chi connectivity index (χ0v) is 13.3. The van der Waals surface area contributed by atoms with Crippen LogP contribution >= 0.6 is 11.6 Å². The second-order valence-corrected chi connectivity index (χ2v) is 5.51. The number of rotatable bonds is 4. The molecule has 0 saturated carbocycles. The van der Waals surface area contributed by atoms with Crippen molar-refractivity contribution in [3.05, 3.63) is 67.1 Å². The summed E-state index contributed by atoms with van der Waals surface area (Å²) in [4.78, 5) is 34.2. The highest BCUT2D eigenvalue weighted by Gasteiger charge is 2.15. The summed E-state index contributed by atoms with van der Waals surface area (Å²) >= 11 is 5.84. The number of nitro groups is 1. The van der Waals surface area contributed by atoms with E-state index in [1.54, 1.807) is 25.1 Å². The van der Waals surface area contributed by atoms with Crippen molar-refractivity contribution < 1.29 is 9.72 Å². The van der Waals surface area contributed by atoms with Crippen molar-refractivity contribution in [3.63, 3.8) is 0 Å². The molecule has 1 amide bonds. The molecule has 0 atom stereocenters. The van der Waals surface area contributed by atoms with Gasteiger partial charge >= 0.3 is 0 Å². The standard InChI is InChI=1S/C15H14ClN3O4/c1-9-5-11(16)3-4-12(9)17-14(20)8-18-7-13(19(22)23)10(2)6-15(18)21/h3-7H,8H2,1-2H3,(H,17,20). The van der Waals surface area contributed by atoms with Crippen LogP contribution in [0.5, 0.6) is 0 Å². The number of aromatic nitrogens is 1. The number of carbonyl (C=O) groups excluding carboxylic acids is 1. The van der Waals surface area contributed by atoms with E-state index >= 15 is 0 Å². The molecule has 0 radical (unpaired) electrons. The third-order valence-corrected chi connectivity index (χ3v) is 3.51. The number of anilines is 1. The van der Waals surface area contributed by atoms with Crippen molar-refractivity contribution in [3.8, 4) is 0 Å². The van der Waals surface area contributed by atoms with Crippen molar-refractivity contribution >= 4 is 28.9 Å². The van der Waals surface area contributed by atoms with Crippen molar-refractivity contribution in [1.82, 2.24) is 4.57 Å². The highest BCUT2D eigenvalue weighted by Crippen LogP contribution is 2.19. The van der Waals surface area contributed by atoms with E-state index in [2.05, 4.69) is 5.32 Å². The first-order chi connectivity index (χ1) is 10.8. The Morgan fingerprint density at radius 2 is 2.00 bits per heavy atom. The Balaban J connectivity index is 2.22. The molecule has 0 unspecified atom stereocenters. The van der Waals surface area contributed by atoms with Gasteiger partial charge in [-0.2, -0.15) is 0 Å². The summed E-state index contributed by atoms with van der Waals surface area (Å²) in [5.74, 6) is -0.462. The Labute approximate surface area is 136 Å². The Bertz CT molecular complexity index is 845. The van der Waals surface area contributed by atoms with Crippen molar-refractivity contribution in [1.29, 1.82) is 0 Å². The Morgan fingerprint density at radius 1 is 1.30 bits per heavy atom. The van der Waals surface area contributed by atoms with Gasteiger partial charge in [0.15, 0.2) is 0 Å². The Hall–Kier alpha value is -2.67. The number of hydrogen-bond acceptors (Lipinski definition) is 4. The largest absolute Gasteiger partial charge is 0.324 e. The second-order valence-electron chi connectivity index (χ2n) is 5.07. The van der Waals surface area contributed by atoms with Crippen LogP contribution in [0.4, 0.5) is 11.4 Å². The number of carbonyl (C=O) groups is 1. The normalized spacial score (nSPS) is 10.4. The van der Waals surface area contributed by atoms with Gasteiger partial charge in [-0.1, -0.05) is 11.6 Å². The molecular formula is C15H14ClN3O4. The summed E-state index contributed by atoms with van der Waals surface area (Å²) in [5.41, 5.74) is 0.906. The van der Waals surface area contributed by atoms with Gasteiger partial charge in [-0.3, -0.25) is 24.3 Å². The van der Waals surface area contributed by atoms with Gasteiger partial charge in [-0.25, -0.2) is 0 Å². The highest BCUT2D eigenvalue weighted by atomic mass is 35.5. The molecule has 0 aliphatic heterocycles. The van der Waals surface area contributed by atoms with E-state index in [-0.39, 0.29) is 17.8 Å². The first-order valence-corrected chi connectivity index (χ1v) is 7.07. The van der Waals surface area contributed by atoms with Gasteiger partial charge in [0.05, 0.1) is 11.1 Å². The second kappa shape index (κ2) is 6.62. The van der Waals surface area contributed by atoms with Crippen molar-refractivity contribution in [2.24, 2.45) is 0 Å². The fourth-order valence-corrected chi connectivity index (χ4v) is 2.31. The average molecular weight is 336 g/mol. The van der Waals surface area contributed by atoms with Gasteiger partial charge in [-0.15, -0.1) is 0 Å². The number of pyridine rings is 1. The number of halogens is 1. The molecule has 0 aliphatic rings. The van der Waals surface area contributed by atoms with Crippen LogP contribution in [0.15, 0.2) is 35.3 Å². The first kappa shape index (κ1) is 16.7. The van der Waals surface area contributed by atoms with Crippen molar-refractivity contribution in [2.45, 2.75) is 20.4 Å². The van der Waals surface area contributed by atoms with Crippen LogP contribution in [-0.4, -0.2) is 15.4 Å². The zero-order valence-electron chi connectivity index (χ0n) is 12.5. The molecule has 0 saturated heterocycles. The SMILES string of the molecule is Cc1cc(Cl)ccc1NC(=O)Cn1cc([N+](=O)[O-])c(C)cc1=O. The lowest BCUT2D eigenvalue weighted by Gasteiger charge is -2.10. The molecule has 1 heterocycles. The first-order valence-electron chi connectivity index (χ1n) is 6.69. The van der Waals surface area contributed by atoms with Crippen LogP contribution in [0.25, 0.3) is 0 Å². The number of aryl methyl sites for hydroxylation is 2. The van der Waals surface area contributed by atoms with Gasteiger partial charge < -0.3 is 5.32 Å². The summed E-state index contributed by atoms with van der Waals surface area (Å²) in [6.45, 7) is 2.94. The summed E-state index contributed by atoms with van der Waals surface area (Å²) < 4.78 is 1.01. The minimum Gasteiger partial charge on any atom is -0.324 e. The van der Waals surface area contributed by atoms with Crippen LogP contribution in [0.3, 0.4) is 0 Å². The van der Waals surface area contributed by atoms with Gasteiger partial charge in [0.25, 0.3) is 11.2 Å². The van der Waals surface area contributed by atoms with Crippen LogP contribution in [0.1, 0.15) is 11.1 Å². The molecule has 23 heavy (non-hydrogen) atoms. The summed E-state index contributed by atoms with van der Waals surface area (Å²) in [5, 5.41) is 14.1. The number of benzene rings is 1. The van der Waals surface area contributed by atoms with Gasteiger partial charge in [0.2, 0.25) is 5.91 Å². The minimum atomic E-state index is -0.591. The molecule has 0 bridgehead atoms. The predicted octanol–water partition coefficient (Wildman–Crippen LogP) is 2.67. The maximum absolute atomic E-state index is 12.1. The van der Waals surface area contributed by atoms with E-state index in [1.165, 1.54) is 6.92 Å². The fraction of sp³-hybridized carbons (Fsp3) is 0.200. The fourth-order valence-electron chi connectivity index (χ4n) is 2.08. The number of nitrogens with one attached hydrogen (secondary N) is 1. The van der Waals surface area contributed by atoms with Gasteiger partial charge in [0.1, 0.15) is 6.54 Å². The molecule has 8 heteroatoms. The Morgan fingerprint density at radius 3 is 2.61 bits per heavy atom. The van der Waals surface area contributed by atoms with Crippen LogP contribution in [0.2, 0.25) is 5.02 Å². The molecule has 2 aromatic rings. The molecule has 1 N–H and O–H groups in total. The molecule has 0 spiro atoms. The number of amides is 1. The smallest absolute Gasteiger partial charge is 0.288 e. The lowest BCUT2D eigenvalue weighted by Crippen LogP contribution is -2.27. The molecule has 120 valence electrons. The van der Waals surface area contributed by atoms with Crippen molar-refractivity contribution in [2.75, 3.05) is 5.32 Å². The quantitative estimate of drug-likeness (QED) is 0.686. The topological polar surface area (TPSA) is 94.2 Å². The molecular weight excluding hydrogens is 322 g/mol. The van der Waals surface area contributed by atoms with Crippen LogP contribution < -0.4 is 10.9 Å². The summed E-state index contributed by atoms with van der Waals surface area (Å²) in [6, 6.07) is 6.11. The van der Waals surface area contributed by atoms with Gasteiger partial charge in [-0.05, 0) is 37.6 Å².